The lowest BCUT2D eigenvalue weighted by molar-refractivity contribution is 0.0603. The van der Waals surface area contributed by atoms with Gasteiger partial charge in [0.1, 0.15) is 5.82 Å². The average molecular weight is 291 g/mol. The number of halogens is 1. The highest BCUT2D eigenvalue weighted by atomic mass is 32.2. The Hall–Kier alpha value is -1.02. The van der Waals surface area contributed by atoms with Crippen molar-refractivity contribution >= 4 is 10.0 Å². The standard InChI is InChI=1S/C12H18FNO4S/c1-9-3-4-10(13)7-12(9)19(16,17)14-6-5-11(15)8-18-2/h3-4,7,11,14-15H,5-6,8H2,1-2H3. The van der Waals surface area contributed by atoms with E-state index in [1.165, 1.54) is 19.2 Å². The summed E-state index contributed by atoms with van der Waals surface area (Å²) in [6.45, 7) is 1.79. The van der Waals surface area contributed by atoms with Gasteiger partial charge in [0.15, 0.2) is 0 Å². The first-order valence-electron chi connectivity index (χ1n) is 5.79. The molecule has 2 N–H and O–H groups in total. The highest BCUT2D eigenvalue weighted by Crippen LogP contribution is 2.16. The highest BCUT2D eigenvalue weighted by Gasteiger charge is 2.17. The van der Waals surface area contributed by atoms with Gasteiger partial charge in [0.05, 0.1) is 17.6 Å². The Morgan fingerprint density at radius 3 is 2.79 bits per heavy atom. The van der Waals surface area contributed by atoms with E-state index in [-0.39, 0.29) is 24.5 Å². The van der Waals surface area contributed by atoms with Crippen molar-refractivity contribution in [2.45, 2.75) is 24.3 Å². The first-order valence-corrected chi connectivity index (χ1v) is 7.28. The number of benzene rings is 1. The van der Waals surface area contributed by atoms with Crippen molar-refractivity contribution in [3.8, 4) is 0 Å². The van der Waals surface area contributed by atoms with Crippen LogP contribution in [0.25, 0.3) is 0 Å². The minimum absolute atomic E-state index is 0.0583. The summed E-state index contributed by atoms with van der Waals surface area (Å²) in [6.07, 6.45) is -0.511. The van der Waals surface area contributed by atoms with E-state index in [2.05, 4.69) is 4.72 Å². The second-order valence-corrected chi connectivity index (χ2v) is 5.94. The zero-order chi connectivity index (χ0) is 14.5. The van der Waals surface area contributed by atoms with Crippen LogP contribution in [0.2, 0.25) is 0 Å². The van der Waals surface area contributed by atoms with E-state index in [0.29, 0.717) is 5.56 Å². The predicted molar refractivity (Wildman–Crippen MR) is 68.8 cm³/mol. The van der Waals surface area contributed by atoms with Crippen molar-refractivity contribution in [3.63, 3.8) is 0 Å². The van der Waals surface area contributed by atoms with Crippen LogP contribution in [0.4, 0.5) is 4.39 Å². The van der Waals surface area contributed by atoms with Crippen LogP contribution in [-0.2, 0) is 14.8 Å². The normalized spacial score (nSPS) is 13.5. The molecule has 7 heteroatoms. The summed E-state index contributed by atoms with van der Waals surface area (Å²) in [5, 5.41) is 9.40. The molecule has 19 heavy (non-hydrogen) atoms. The third-order valence-electron chi connectivity index (χ3n) is 2.57. The fourth-order valence-corrected chi connectivity index (χ4v) is 2.88. The number of methoxy groups -OCH3 is 1. The van der Waals surface area contributed by atoms with Crippen molar-refractivity contribution in [3.05, 3.63) is 29.6 Å². The van der Waals surface area contributed by atoms with E-state index in [4.69, 9.17) is 4.74 Å². The fourth-order valence-electron chi connectivity index (χ4n) is 1.58. The molecule has 1 rings (SSSR count). The Bertz CT molecular complexity index is 518. The predicted octanol–water partition coefficient (Wildman–Crippen LogP) is 0.810. The van der Waals surface area contributed by atoms with E-state index >= 15 is 0 Å². The van der Waals surface area contributed by atoms with Crippen LogP contribution in [-0.4, -0.2) is 39.9 Å². The van der Waals surface area contributed by atoms with Crippen molar-refractivity contribution in [1.82, 2.24) is 4.72 Å². The summed E-state index contributed by atoms with van der Waals surface area (Å²) < 4.78 is 44.0. The quantitative estimate of drug-likeness (QED) is 0.779. The molecule has 1 atom stereocenters. The van der Waals surface area contributed by atoms with Crippen LogP contribution in [0.3, 0.4) is 0 Å². The molecule has 1 aromatic carbocycles. The van der Waals surface area contributed by atoms with Crippen LogP contribution < -0.4 is 4.72 Å². The van der Waals surface area contributed by atoms with Crippen LogP contribution in [0.5, 0.6) is 0 Å². The van der Waals surface area contributed by atoms with Crippen molar-refractivity contribution in [2.24, 2.45) is 0 Å². The SMILES string of the molecule is COCC(O)CCNS(=O)(=O)c1cc(F)ccc1C. The van der Waals surface area contributed by atoms with E-state index < -0.39 is 21.9 Å². The van der Waals surface area contributed by atoms with Gasteiger partial charge in [-0.15, -0.1) is 0 Å². The maximum absolute atomic E-state index is 13.1. The zero-order valence-electron chi connectivity index (χ0n) is 10.9. The molecule has 0 saturated heterocycles. The molecule has 108 valence electrons. The Morgan fingerprint density at radius 2 is 2.16 bits per heavy atom. The first-order chi connectivity index (χ1) is 8.86. The third kappa shape index (κ3) is 4.87. The van der Waals surface area contributed by atoms with Crippen molar-refractivity contribution < 1.29 is 22.7 Å². The number of aliphatic hydroxyl groups excluding tert-OH is 1. The molecule has 0 aromatic heterocycles. The van der Waals surface area contributed by atoms with Crippen LogP contribution >= 0.6 is 0 Å². The van der Waals surface area contributed by atoms with Gasteiger partial charge >= 0.3 is 0 Å². The molecule has 0 bridgehead atoms. The smallest absolute Gasteiger partial charge is 0.240 e. The Kier molecular flexibility index (Phi) is 5.86. The molecule has 0 fully saturated rings. The lowest BCUT2D eigenvalue weighted by Crippen LogP contribution is -2.29. The minimum atomic E-state index is -3.77. The summed E-state index contributed by atoms with van der Waals surface area (Å²) in [5.41, 5.74) is 0.464. The summed E-state index contributed by atoms with van der Waals surface area (Å²) in [4.78, 5) is -0.0891. The number of hydrogen-bond donors (Lipinski definition) is 2. The molecular formula is C12H18FNO4S. The molecule has 0 aliphatic carbocycles. The molecule has 0 amide bonds. The maximum atomic E-state index is 13.1. The molecule has 0 aliphatic heterocycles. The second-order valence-electron chi connectivity index (χ2n) is 4.21. The van der Waals surface area contributed by atoms with E-state index in [1.54, 1.807) is 6.92 Å². The number of rotatable bonds is 7. The maximum Gasteiger partial charge on any atom is 0.240 e. The zero-order valence-corrected chi connectivity index (χ0v) is 11.7. The Balaban J connectivity index is 2.68. The number of aryl methyl sites for hydroxylation is 1. The number of aliphatic hydroxyl groups is 1. The van der Waals surface area contributed by atoms with Gasteiger partial charge in [-0.1, -0.05) is 6.07 Å². The van der Waals surface area contributed by atoms with E-state index in [0.717, 1.165) is 6.07 Å². The van der Waals surface area contributed by atoms with Gasteiger partial charge in [0.25, 0.3) is 0 Å². The number of nitrogens with one attached hydrogen (secondary N) is 1. The minimum Gasteiger partial charge on any atom is -0.391 e. The van der Waals surface area contributed by atoms with Crippen molar-refractivity contribution in [1.29, 1.82) is 0 Å². The van der Waals surface area contributed by atoms with Crippen LogP contribution in [0.1, 0.15) is 12.0 Å². The largest absolute Gasteiger partial charge is 0.391 e. The molecule has 5 nitrogen and oxygen atoms in total. The molecule has 0 saturated carbocycles. The molecule has 1 aromatic rings. The molecular weight excluding hydrogens is 273 g/mol. The number of hydrogen-bond acceptors (Lipinski definition) is 4. The monoisotopic (exact) mass is 291 g/mol. The van der Waals surface area contributed by atoms with E-state index in [1.807, 2.05) is 0 Å². The Morgan fingerprint density at radius 1 is 1.47 bits per heavy atom. The fraction of sp³-hybridized carbons (Fsp3) is 0.500. The average Bonchev–Trinajstić information content (AvgIpc) is 2.32. The number of ether oxygens (including phenoxy) is 1. The van der Waals surface area contributed by atoms with Crippen molar-refractivity contribution in [2.75, 3.05) is 20.3 Å². The summed E-state index contributed by atoms with van der Waals surface area (Å²) in [7, 11) is -2.32. The van der Waals surface area contributed by atoms with E-state index in [9.17, 15) is 17.9 Å². The van der Waals surface area contributed by atoms with Crippen LogP contribution in [0, 0.1) is 12.7 Å². The highest BCUT2D eigenvalue weighted by molar-refractivity contribution is 7.89. The molecule has 0 aliphatic rings. The van der Waals surface area contributed by atoms with Gasteiger partial charge in [0.2, 0.25) is 10.0 Å². The van der Waals surface area contributed by atoms with Gasteiger partial charge in [-0.05, 0) is 31.0 Å². The summed E-state index contributed by atoms with van der Waals surface area (Å²) in [5.74, 6) is -0.606. The summed E-state index contributed by atoms with van der Waals surface area (Å²) >= 11 is 0. The summed E-state index contributed by atoms with van der Waals surface area (Å²) in [6, 6.07) is 3.59. The van der Waals surface area contributed by atoms with Crippen LogP contribution in [0.15, 0.2) is 23.1 Å². The van der Waals surface area contributed by atoms with Gasteiger partial charge in [0, 0.05) is 13.7 Å². The topological polar surface area (TPSA) is 75.6 Å². The first kappa shape index (κ1) is 16.0. The van der Waals surface area contributed by atoms with Gasteiger partial charge < -0.3 is 9.84 Å². The lowest BCUT2D eigenvalue weighted by Gasteiger charge is -2.12. The number of sulfonamides is 1. The molecule has 0 spiro atoms. The Labute approximate surface area is 112 Å². The van der Waals surface area contributed by atoms with Gasteiger partial charge in [-0.2, -0.15) is 0 Å². The molecule has 1 unspecified atom stereocenters. The second kappa shape index (κ2) is 6.95. The lowest BCUT2D eigenvalue weighted by atomic mass is 10.2. The molecule has 0 radical (unpaired) electrons. The van der Waals surface area contributed by atoms with Gasteiger partial charge in [-0.3, -0.25) is 0 Å². The third-order valence-corrected chi connectivity index (χ3v) is 4.17. The van der Waals surface area contributed by atoms with Gasteiger partial charge in [-0.25, -0.2) is 17.5 Å². The molecule has 0 heterocycles.